The van der Waals surface area contributed by atoms with E-state index in [2.05, 4.69) is 6.07 Å². The number of ether oxygens (including phenoxy) is 2. The van der Waals surface area contributed by atoms with Gasteiger partial charge in [0.15, 0.2) is 5.60 Å². The molecule has 26 heavy (non-hydrogen) atoms. The minimum absolute atomic E-state index is 0.230. The molecule has 0 radical (unpaired) electrons. The number of hydrogen-bond acceptors (Lipinski definition) is 5. The quantitative estimate of drug-likeness (QED) is 0.822. The highest BCUT2D eigenvalue weighted by molar-refractivity contribution is 6.04. The van der Waals surface area contributed by atoms with Gasteiger partial charge < -0.3 is 14.4 Å². The van der Waals surface area contributed by atoms with Gasteiger partial charge in [-0.25, -0.2) is 9.69 Å². The first-order valence-corrected chi connectivity index (χ1v) is 8.79. The first kappa shape index (κ1) is 18.2. The molecule has 2 saturated heterocycles. The zero-order valence-electron chi connectivity index (χ0n) is 15.4. The van der Waals surface area contributed by atoms with Crippen molar-refractivity contribution in [2.24, 2.45) is 0 Å². The second kappa shape index (κ2) is 6.97. The molecule has 0 aliphatic carbocycles. The standard InChI is InChI=1S/C19H24N2O5/c1-19(2)17(23)21(18(24)26-19)12-16(22)20-10-8-13(9-11-20)14-6-4-5-7-15(14)25-3/h4-7,13H,8-12H2,1-3H3. The third-order valence-corrected chi connectivity index (χ3v) is 5.04. The fourth-order valence-electron chi connectivity index (χ4n) is 3.54. The number of imide groups is 1. The van der Waals surface area contributed by atoms with E-state index in [-0.39, 0.29) is 12.5 Å². The van der Waals surface area contributed by atoms with Gasteiger partial charge in [0.2, 0.25) is 5.91 Å². The van der Waals surface area contributed by atoms with Crippen molar-refractivity contribution in [1.29, 1.82) is 0 Å². The topological polar surface area (TPSA) is 76.2 Å². The normalized spacial score (nSPS) is 20.3. The number of benzene rings is 1. The maximum atomic E-state index is 12.5. The van der Waals surface area contributed by atoms with Crippen LogP contribution in [0.5, 0.6) is 5.75 Å². The Morgan fingerprint density at radius 2 is 1.88 bits per heavy atom. The maximum Gasteiger partial charge on any atom is 0.418 e. The summed E-state index contributed by atoms with van der Waals surface area (Å²) in [5.74, 6) is 0.490. The van der Waals surface area contributed by atoms with Gasteiger partial charge in [0, 0.05) is 13.1 Å². The Morgan fingerprint density at radius 1 is 1.23 bits per heavy atom. The predicted molar refractivity (Wildman–Crippen MR) is 93.8 cm³/mol. The van der Waals surface area contributed by atoms with Crippen molar-refractivity contribution in [1.82, 2.24) is 9.80 Å². The van der Waals surface area contributed by atoms with Crippen LogP contribution >= 0.6 is 0 Å². The van der Waals surface area contributed by atoms with Gasteiger partial charge in [-0.3, -0.25) is 9.59 Å². The molecule has 7 nitrogen and oxygen atoms in total. The Kier molecular flexibility index (Phi) is 4.89. The second-order valence-electron chi connectivity index (χ2n) is 7.17. The zero-order valence-corrected chi connectivity index (χ0v) is 15.4. The maximum absolute atomic E-state index is 12.5. The van der Waals surface area contributed by atoms with Gasteiger partial charge in [-0.2, -0.15) is 0 Å². The van der Waals surface area contributed by atoms with Crippen LogP contribution in [0.3, 0.4) is 0 Å². The number of hydrogen-bond donors (Lipinski definition) is 0. The average molecular weight is 360 g/mol. The summed E-state index contributed by atoms with van der Waals surface area (Å²) in [5, 5.41) is 0. The molecule has 7 heteroatoms. The lowest BCUT2D eigenvalue weighted by molar-refractivity contribution is -0.140. The second-order valence-corrected chi connectivity index (χ2v) is 7.17. The molecule has 0 spiro atoms. The van der Waals surface area contributed by atoms with Crippen LogP contribution in [0.1, 0.15) is 38.2 Å². The van der Waals surface area contributed by atoms with Crippen LogP contribution in [0.2, 0.25) is 0 Å². The summed E-state index contributed by atoms with van der Waals surface area (Å²) in [6.07, 6.45) is 0.878. The zero-order chi connectivity index (χ0) is 18.9. The van der Waals surface area contributed by atoms with Crippen molar-refractivity contribution in [2.75, 3.05) is 26.7 Å². The molecule has 3 rings (SSSR count). The summed E-state index contributed by atoms with van der Waals surface area (Å²) in [6.45, 7) is 3.96. The number of carbonyl (C=O) groups is 3. The van der Waals surface area contributed by atoms with Crippen LogP contribution in [-0.2, 0) is 14.3 Å². The molecule has 0 atom stereocenters. The Hall–Kier alpha value is -2.57. The number of nitrogens with zero attached hydrogens (tertiary/aromatic N) is 2. The fourth-order valence-corrected chi connectivity index (χ4v) is 3.54. The van der Waals surface area contributed by atoms with Crippen molar-refractivity contribution >= 4 is 17.9 Å². The van der Waals surface area contributed by atoms with E-state index >= 15 is 0 Å². The number of likely N-dealkylation sites (tertiary alicyclic amines) is 1. The van der Waals surface area contributed by atoms with Crippen LogP contribution in [-0.4, -0.2) is 60.1 Å². The van der Waals surface area contributed by atoms with Crippen molar-refractivity contribution in [2.45, 2.75) is 38.2 Å². The monoisotopic (exact) mass is 360 g/mol. The summed E-state index contributed by atoms with van der Waals surface area (Å²) < 4.78 is 10.4. The Bertz CT molecular complexity index is 722. The molecule has 0 N–H and O–H groups in total. The van der Waals surface area contributed by atoms with Crippen molar-refractivity contribution in [3.05, 3.63) is 29.8 Å². The fraction of sp³-hybridized carbons (Fsp3) is 0.526. The summed E-state index contributed by atoms with van der Waals surface area (Å²) in [6, 6.07) is 7.93. The van der Waals surface area contributed by atoms with E-state index in [9.17, 15) is 14.4 Å². The first-order valence-electron chi connectivity index (χ1n) is 8.79. The largest absolute Gasteiger partial charge is 0.496 e. The van der Waals surface area contributed by atoms with E-state index < -0.39 is 17.6 Å². The molecule has 140 valence electrons. The lowest BCUT2D eigenvalue weighted by atomic mass is 9.89. The third-order valence-electron chi connectivity index (χ3n) is 5.04. The summed E-state index contributed by atoms with van der Waals surface area (Å²) in [7, 11) is 1.66. The number of cyclic esters (lactones) is 1. The smallest absolute Gasteiger partial charge is 0.418 e. The number of carbonyl (C=O) groups excluding carboxylic acids is 3. The molecule has 3 amide bonds. The Balaban J connectivity index is 1.59. The Morgan fingerprint density at radius 3 is 2.46 bits per heavy atom. The van der Waals surface area contributed by atoms with Gasteiger partial charge in [0.25, 0.3) is 5.91 Å². The molecule has 0 unspecified atom stereocenters. The number of amides is 3. The summed E-state index contributed by atoms with van der Waals surface area (Å²) in [4.78, 5) is 39.1. The molecule has 1 aromatic carbocycles. The lowest BCUT2D eigenvalue weighted by Gasteiger charge is -2.33. The van der Waals surface area contributed by atoms with Crippen molar-refractivity contribution < 1.29 is 23.9 Å². The van der Waals surface area contributed by atoms with Crippen molar-refractivity contribution in [3.63, 3.8) is 0 Å². The van der Waals surface area contributed by atoms with Crippen LogP contribution in [0.25, 0.3) is 0 Å². The molecule has 0 saturated carbocycles. The van der Waals surface area contributed by atoms with E-state index in [1.54, 1.807) is 12.0 Å². The van der Waals surface area contributed by atoms with Gasteiger partial charge in [0.05, 0.1) is 7.11 Å². The lowest BCUT2D eigenvalue weighted by Crippen LogP contribution is -2.46. The van der Waals surface area contributed by atoms with Gasteiger partial charge >= 0.3 is 6.09 Å². The van der Waals surface area contributed by atoms with Crippen LogP contribution in [0.15, 0.2) is 24.3 Å². The van der Waals surface area contributed by atoms with E-state index in [1.807, 2.05) is 18.2 Å². The Labute approximate surface area is 152 Å². The number of para-hydroxylation sites is 1. The van der Waals surface area contributed by atoms with E-state index in [0.717, 1.165) is 29.1 Å². The van der Waals surface area contributed by atoms with E-state index in [1.165, 1.54) is 13.8 Å². The minimum atomic E-state index is -1.20. The first-order chi connectivity index (χ1) is 12.3. The van der Waals surface area contributed by atoms with Gasteiger partial charge in [0.1, 0.15) is 12.3 Å². The molecular weight excluding hydrogens is 336 g/mol. The molecule has 2 heterocycles. The molecule has 2 aliphatic rings. The predicted octanol–water partition coefficient (Wildman–Crippen LogP) is 2.16. The summed E-state index contributed by atoms with van der Waals surface area (Å²) >= 11 is 0. The van der Waals surface area contributed by atoms with Crippen molar-refractivity contribution in [3.8, 4) is 5.75 Å². The van der Waals surface area contributed by atoms with Gasteiger partial charge in [-0.1, -0.05) is 18.2 Å². The van der Waals surface area contributed by atoms with E-state index in [0.29, 0.717) is 19.0 Å². The number of methoxy groups -OCH3 is 1. The highest BCUT2D eigenvalue weighted by Gasteiger charge is 2.48. The van der Waals surface area contributed by atoms with E-state index in [4.69, 9.17) is 9.47 Å². The van der Waals surface area contributed by atoms with Crippen LogP contribution in [0.4, 0.5) is 4.79 Å². The van der Waals surface area contributed by atoms with Gasteiger partial charge in [-0.15, -0.1) is 0 Å². The van der Waals surface area contributed by atoms with Gasteiger partial charge in [-0.05, 0) is 44.2 Å². The summed E-state index contributed by atoms with van der Waals surface area (Å²) in [5.41, 5.74) is -0.0454. The number of piperidine rings is 1. The third kappa shape index (κ3) is 3.38. The highest BCUT2D eigenvalue weighted by Crippen LogP contribution is 2.34. The SMILES string of the molecule is COc1ccccc1C1CCN(C(=O)CN2C(=O)OC(C)(C)C2=O)CC1. The number of rotatable bonds is 4. The van der Waals surface area contributed by atoms with Crippen LogP contribution < -0.4 is 4.74 Å². The highest BCUT2D eigenvalue weighted by atomic mass is 16.6. The molecular formula is C19H24N2O5. The molecule has 1 aromatic rings. The molecule has 2 aliphatic heterocycles. The van der Waals surface area contributed by atoms with Crippen LogP contribution in [0, 0.1) is 0 Å². The minimum Gasteiger partial charge on any atom is -0.496 e. The molecule has 0 aromatic heterocycles. The molecule has 2 fully saturated rings. The molecule has 0 bridgehead atoms. The average Bonchev–Trinajstić information content (AvgIpc) is 2.83.